The minimum absolute atomic E-state index is 0.796. The fourth-order valence-electron chi connectivity index (χ4n) is 1.62. The van der Waals surface area contributed by atoms with Gasteiger partial charge in [0.25, 0.3) is 0 Å². The highest BCUT2D eigenvalue weighted by Crippen LogP contribution is 2.30. The molecule has 0 aliphatic heterocycles. The molecule has 2 aromatic rings. The molecule has 0 aliphatic rings. The Morgan fingerprint density at radius 3 is 2.44 bits per heavy atom. The third-order valence-electron chi connectivity index (χ3n) is 2.72. The lowest BCUT2D eigenvalue weighted by molar-refractivity contribution is 1.41. The van der Waals surface area contributed by atoms with Crippen molar-refractivity contribution in [1.29, 1.82) is 0 Å². The second-order valence-corrected chi connectivity index (χ2v) is 5.78. The van der Waals surface area contributed by atoms with Gasteiger partial charge >= 0.3 is 0 Å². The van der Waals surface area contributed by atoms with Gasteiger partial charge in [-0.1, -0.05) is 0 Å². The lowest BCUT2D eigenvalue weighted by atomic mass is 10.2. The monoisotopic (exact) mass is 322 g/mol. The zero-order valence-electron chi connectivity index (χ0n) is 10.3. The van der Waals surface area contributed by atoms with Crippen LogP contribution in [0.4, 0.5) is 17.1 Å². The average molecular weight is 323 g/mol. The van der Waals surface area contributed by atoms with Crippen LogP contribution in [0.1, 0.15) is 5.56 Å². The van der Waals surface area contributed by atoms with Gasteiger partial charge in [-0.05, 0) is 71.1 Å². The molecule has 0 saturated heterocycles. The van der Waals surface area contributed by atoms with E-state index in [-0.39, 0.29) is 0 Å². The first-order valence-corrected chi connectivity index (χ1v) is 7.58. The molecule has 0 aliphatic carbocycles. The Morgan fingerprint density at radius 2 is 1.83 bits per heavy atom. The molecule has 0 saturated carbocycles. The van der Waals surface area contributed by atoms with E-state index in [1.165, 1.54) is 4.90 Å². The van der Waals surface area contributed by atoms with Crippen LogP contribution in [-0.2, 0) is 0 Å². The van der Waals surface area contributed by atoms with Crippen LogP contribution in [0.15, 0.2) is 45.8 Å². The highest BCUT2D eigenvalue weighted by Gasteiger charge is 2.04. The van der Waals surface area contributed by atoms with Crippen molar-refractivity contribution in [3.05, 3.63) is 46.4 Å². The Balaban J connectivity index is 2.25. The van der Waals surface area contributed by atoms with Crippen molar-refractivity contribution in [2.75, 3.05) is 17.3 Å². The van der Waals surface area contributed by atoms with Crippen molar-refractivity contribution in [2.45, 2.75) is 11.8 Å². The van der Waals surface area contributed by atoms with Crippen molar-refractivity contribution < 1.29 is 0 Å². The summed E-state index contributed by atoms with van der Waals surface area (Å²) in [6.07, 6.45) is 2.07. The molecule has 0 unspecified atom stereocenters. The van der Waals surface area contributed by atoms with Gasteiger partial charge in [-0.3, -0.25) is 0 Å². The maximum absolute atomic E-state index is 5.86. The first-order valence-electron chi connectivity index (χ1n) is 5.57. The third-order valence-corrected chi connectivity index (χ3v) is 4.12. The van der Waals surface area contributed by atoms with Gasteiger partial charge in [-0.2, -0.15) is 0 Å². The van der Waals surface area contributed by atoms with E-state index < -0.39 is 0 Å². The summed E-state index contributed by atoms with van der Waals surface area (Å²) in [5.74, 6) is 0. The summed E-state index contributed by atoms with van der Waals surface area (Å²) in [6, 6.07) is 12.3. The maximum Gasteiger partial charge on any atom is 0.0532 e. The first kappa shape index (κ1) is 13.3. The van der Waals surface area contributed by atoms with Crippen molar-refractivity contribution in [1.82, 2.24) is 0 Å². The highest BCUT2D eigenvalue weighted by molar-refractivity contribution is 9.10. The summed E-state index contributed by atoms with van der Waals surface area (Å²) in [5.41, 5.74) is 9.82. The van der Waals surface area contributed by atoms with Crippen LogP contribution in [0.3, 0.4) is 0 Å². The predicted octanol–water partition coefficient (Wildman–Crippen LogP) is 4.81. The second kappa shape index (κ2) is 5.67. The molecule has 18 heavy (non-hydrogen) atoms. The van der Waals surface area contributed by atoms with E-state index in [0.29, 0.717) is 0 Å². The van der Waals surface area contributed by atoms with E-state index in [0.717, 1.165) is 27.1 Å². The summed E-state index contributed by atoms with van der Waals surface area (Å²) in [5, 5.41) is 3.38. The molecule has 2 aromatic carbocycles. The van der Waals surface area contributed by atoms with Gasteiger partial charge < -0.3 is 11.1 Å². The lowest BCUT2D eigenvalue weighted by Gasteiger charge is -2.11. The number of aryl methyl sites for hydroxylation is 1. The molecule has 0 bridgehead atoms. The second-order valence-electron chi connectivity index (χ2n) is 4.04. The smallest absolute Gasteiger partial charge is 0.0532 e. The van der Waals surface area contributed by atoms with Crippen molar-refractivity contribution in [3.63, 3.8) is 0 Å². The molecule has 0 heterocycles. The number of thioether (sulfide) groups is 1. The van der Waals surface area contributed by atoms with Gasteiger partial charge in [0.1, 0.15) is 0 Å². The fraction of sp³-hybridized carbons (Fsp3) is 0.143. The molecule has 2 nitrogen and oxygen atoms in total. The van der Waals surface area contributed by atoms with E-state index in [1.54, 1.807) is 11.8 Å². The molecular weight excluding hydrogens is 308 g/mol. The van der Waals surface area contributed by atoms with Gasteiger partial charge in [0, 0.05) is 20.7 Å². The van der Waals surface area contributed by atoms with Crippen LogP contribution in [0, 0.1) is 6.92 Å². The quantitative estimate of drug-likeness (QED) is 0.629. The number of rotatable bonds is 3. The number of hydrogen-bond acceptors (Lipinski definition) is 3. The van der Waals surface area contributed by atoms with E-state index >= 15 is 0 Å². The lowest BCUT2D eigenvalue weighted by Crippen LogP contribution is -1.95. The molecule has 0 atom stereocenters. The molecule has 0 fully saturated rings. The molecule has 94 valence electrons. The van der Waals surface area contributed by atoms with E-state index in [2.05, 4.69) is 51.8 Å². The molecule has 0 radical (unpaired) electrons. The van der Waals surface area contributed by atoms with Crippen LogP contribution in [-0.4, -0.2) is 6.26 Å². The Bertz CT molecular complexity index is 552. The van der Waals surface area contributed by atoms with Gasteiger partial charge in [-0.15, -0.1) is 11.8 Å². The minimum atomic E-state index is 0.796. The summed E-state index contributed by atoms with van der Waals surface area (Å²) in [7, 11) is 0. The zero-order valence-corrected chi connectivity index (χ0v) is 12.7. The number of nitrogens with one attached hydrogen (secondary N) is 1. The normalized spacial score (nSPS) is 10.4. The standard InChI is InChI=1S/C14H15BrN2S/c1-9-7-14(12(15)8-13(9)16)17-10-3-5-11(18-2)6-4-10/h3-8,17H,16H2,1-2H3. The largest absolute Gasteiger partial charge is 0.398 e. The number of nitrogen functional groups attached to an aromatic ring is 1. The van der Waals surface area contributed by atoms with E-state index in [1.807, 2.05) is 19.1 Å². The Hall–Kier alpha value is -1.13. The highest BCUT2D eigenvalue weighted by atomic mass is 79.9. The average Bonchev–Trinajstić information content (AvgIpc) is 2.37. The number of benzene rings is 2. The molecule has 0 aromatic heterocycles. The molecule has 2 rings (SSSR count). The van der Waals surface area contributed by atoms with Crippen molar-refractivity contribution >= 4 is 44.8 Å². The molecule has 3 N–H and O–H groups in total. The first-order chi connectivity index (χ1) is 8.60. The molecule has 0 amide bonds. The van der Waals surface area contributed by atoms with Crippen molar-refractivity contribution in [3.8, 4) is 0 Å². The van der Waals surface area contributed by atoms with Gasteiger partial charge in [0.05, 0.1) is 5.69 Å². The summed E-state index contributed by atoms with van der Waals surface area (Å²) in [4.78, 5) is 1.26. The SMILES string of the molecule is CSc1ccc(Nc2cc(C)c(N)cc2Br)cc1. The van der Waals surface area contributed by atoms with Crippen LogP contribution >= 0.6 is 27.7 Å². The summed E-state index contributed by atoms with van der Waals surface area (Å²) >= 11 is 5.26. The van der Waals surface area contributed by atoms with Crippen LogP contribution in [0.25, 0.3) is 0 Å². The molecule has 4 heteroatoms. The topological polar surface area (TPSA) is 38.0 Å². The Labute approximate surface area is 120 Å². The van der Waals surface area contributed by atoms with Crippen LogP contribution < -0.4 is 11.1 Å². The third kappa shape index (κ3) is 3.00. The van der Waals surface area contributed by atoms with Crippen LogP contribution in [0.5, 0.6) is 0 Å². The fourth-order valence-corrected chi connectivity index (χ4v) is 2.49. The van der Waals surface area contributed by atoms with Crippen molar-refractivity contribution in [2.24, 2.45) is 0 Å². The number of hydrogen-bond donors (Lipinski definition) is 2. The minimum Gasteiger partial charge on any atom is -0.398 e. The maximum atomic E-state index is 5.86. The van der Waals surface area contributed by atoms with E-state index in [9.17, 15) is 0 Å². The number of halogens is 1. The molecule has 0 spiro atoms. The number of nitrogens with two attached hydrogens (primary N) is 1. The van der Waals surface area contributed by atoms with E-state index in [4.69, 9.17) is 5.73 Å². The summed E-state index contributed by atoms with van der Waals surface area (Å²) < 4.78 is 0.972. The Morgan fingerprint density at radius 1 is 1.17 bits per heavy atom. The predicted molar refractivity (Wildman–Crippen MR) is 84.8 cm³/mol. The van der Waals surface area contributed by atoms with Gasteiger partial charge in [0.15, 0.2) is 0 Å². The number of anilines is 3. The molecular formula is C14H15BrN2S. The summed E-state index contributed by atoms with van der Waals surface area (Å²) in [6.45, 7) is 2.00. The van der Waals surface area contributed by atoms with Gasteiger partial charge in [-0.25, -0.2) is 0 Å². The van der Waals surface area contributed by atoms with Crippen LogP contribution in [0.2, 0.25) is 0 Å². The van der Waals surface area contributed by atoms with Gasteiger partial charge in [0.2, 0.25) is 0 Å². The Kier molecular flexibility index (Phi) is 4.19. The zero-order chi connectivity index (χ0) is 13.1.